The summed E-state index contributed by atoms with van der Waals surface area (Å²) in [6.45, 7) is 3.92. The van der Waals surface area contributed by atoms with Crippen molar-refractivity contribution in [1.29, 1.82) is 0 Å². The van der Waals surface area contributed by atoms with Gasteiger partial charge in [-0.25, -0.2) is 9.59 Å². The van der Waals surface area contributed by atoms with Crippen LogP contribution in [-0.4, -0.2) is 42.6 Å². The van der Waals surface area contributed by atoms with Crippen molar-refractivity contribution in [2.24, 2.45) is 0 Å². The highest BCUT2D eigenvalue weighted by Gasteiger charge is 2.28. The summed E-state index contributed by atoms with van der Waals surface area (Å²) in [5.41, 5.74) is 0.160. The van der Waals surface area contributed by atoms with Crippen LogP contribution in [0.2, 0.25) is 0 Å². The lowest BCUT2D eigenvalue weighted by Crippen LogP contribution is -2.38. The monoisotopic (exact) mass is 359 g/mol. The zero-order chi connectivity index (χ0) is 18.8. The summed E-state index contributed by atoms with van der Waals surface area (Å²) in [5, 5.41) is 10.6. The number of phenols is 1. The lowest BCUT2D eigenvalue weighted by molar-refractivity contribution is 0.107. The second-order valence-corrected chi connectivity index (χ2v) is 5.72. The number of hydrogen-bond donors (Lipinski definition) is 1. The summed E-state index contributed by atoms with van der Waals surface area (Å²) in [6, 6.07) is 1.52. The van der Waals surface area contributed by atoms with Gasteiger partial charge in [0, 0.05) is 11.9 Å². The molecule has 1 aliphatic rings. The van der Waals surface area contributed by atoms with Gasteiger partial charge in [0.1, 0.15) is 12.2 Å². The second kappa shape index (κ2) is 6.91. The Morgan fingerprint density at radius 3 is 2.88 bits per heavy atom. The van der Waals surface area contributed by atoms with Crippen molar-refractivity contribution in [2.75, 3.05) is 20.3 Å². The van der Waals surface area contributed by atoms with Crippen LogP contribution in [0.5, 0.6) is 11.5 Å². The Bertz CT molecular complexity index is 960. The summed E-state index contributed by atoms with van der Waals surface area (Å²) in [6.07, 6.45) is 1.69. The Morgan fingerprint density at radius 2 is 2.23 bits per heavy atom. The minimum atomic E-state index is -0.665. The van der Waals surface area contributed by atoms with Crippen LogP contribution in [0.3, 0.4) is 0 Å². The summed E-state index contributed by atoms with van der Waals surface area (Å²) in [7, 11) is 1.36. The van der Waals surface area contributed by atoms with E-state index in [1.54, 1.807) is 0 Å². The predicted molar refractivity (Wildman–Crippen MR) is 91.7 cm³/mol. The number of amides is 1. The van der Waals surface area contributed by atoms with Crippen LogP contribution in [-0.2, 0) is 17.7 Å². The molecule has 8 heteroatoms. The van der Waals surface area contributed by atoms with E-state index in [0.717, 1.165) is 0 Å². The molecule has 0 aliphatic carbocycles. The Morgan fingerprint density at radius 1 is 1.46 bits per heavy atom. The molecule has 2 aromatic rings. The van der Waals surface area contributed by atoms with Crippen LogP contribution in [0.1, 0.15) is 21.5 Å². The van der Waals surface area contributed by atoms with Gasteiger partial charge in [-0.05, 0) is 18.1 Å². The van der Waals surface area contributed by atoms with E-state index in [1.165, 1.54) is 24.2 Å². The molecule has 3 rings (SSSR count). The van der Waals surface area contributed by atoms with Crippen LogP contribution in [0.15, 0.2) is 27.9 Å². The van der Waals surface area contributed by atoms with Gasteiger partial charge in [-0.3, -0.25) is 4.79 Å². The number of phenolic OH excluding ortho intramolecular Hbond substituents is 1. The second-order valence-electron chi connectivity index (χ2n) is 5.72. The Kier molecular flexibility index (Phi) is 4.66. The summed E-state index contributed by atoms with van der Waals surface area (Å²) < 4.78 is 15.4. The summed E-state index contributed by atoms with van der Waals surface area (Å²) in [5.74, 6) is -0.285. The van der Waals surface area contributed by atoms with Gasteiger partial charge in [0.2, 0.25) is 0 Å². The number of ether oxygens (including phenoxy) is 2. The van der Waals surface area contributed by atoms with Crippen molar-refractivity contribution < 1.29 is 28.6 Å². The Hall–Kier alpha value is -3.29. The first-order chi connectivity index (χ1) is 12.5. The fraction of sp³-hybridized carbons (Fsp3) is 0.278. The minimum absolute atomic E-state index is 0.00438. The van der Waals surface area contributed by atoms with Crippen molar-refractivity contribution >= 4 is 23.3 Å². The van der Waals surface area contributed by atoms with Gasteiger partial charge < -0.3 is 23.9 Å². The van der Waals surface area contributed by atoms with Crippen LogP contribution in [0.4, 0.5) is 4.79 Å². The van der Waals surface area contributed by atoms with Gasteiger partial charge in [0.05, 0.1) is 19.2 Å². The molecule has 1 aromatic carbocycles. The average Bonchev–Trinajstić information content (AvgIpc) is 2.65. The molecule has 8 nitrogen and oxygen atoms in total. The van der Waals surface area contributed by atoms with Crippen molar-refractivity contribution in [1.82, 2.24) is 4.90 Å². The fourth-order valence-electron chi connectivity index (χ4n) is 3.03. The maximum absolute atomic E-state index is 12.4. The highest BCUT2D eigenvalue weighted by atomic mass is 16.6. The SMILES string of the molecule is C=CCOC(=O)N1CCc2c(c(=O)oc3c(C=O)c(O)c(OC)cc23)C1. The van der Waals surface area contributed by atoms with Crippen LogP contribution >= 0.6 is 0 Å². The summed E-state index contributed by atoms with van der Waals surface area (Å²) >= 11 is 0. The van der Waals surface area contributed by atoms with Gasteiger partial charge in [0.25, 0.3) is 0 Å². The van der Waals surface area contributed by atoms with E-state index in [9.17, 15) is 19.5 Å². The smallest absolute Gasteiger partial charge is 0.410 e. The highest BCUT2D eigenvalue weighted by Crippen LogP contribution is 2.38. The van der Waals surface area contributed by atoms with E-state index in [-0.39, 0.29) is 35.8 Å². The van der Waals surface area contributed by atoms with Crippen molar-refractivity contribution in [3.05, 3.63) is 45.8 Å². The number of hydrogen-bond acceptors (Lipinski definition) is 7. The van der Waals surface area contributed by atoms with E-state index >= 15 is 0 Å². The predicted octanol–water partition coefficient (Wildman–Crippen LogP) is 2.00. The number of nitrogens with zero attached hydrogens (tertiary/aromatic N) is 1. The van der Waals surface area contributed by atoms with Gasteiger partial charge in [-0.1, -0.05) is 12.7 Å². The number of carbonyl (C=O) groups is 2. The molecule has 0 saturated heterocycles. The molecule has 0 fully saturated rings. The zero-order valence-corrected chi connectivity index (χ0v) is 14.1. The molecular weight excluding hydrogens is 342 g/mol. The van der Waals surface area contributed by atoms with Crippen molar-refractivity contribution in [2.45, 2.75) is 13.0 Å². The third-order valence-corrected chi connectivity index (χ3v) is 4.29. The molecule has 136 valence electrons. The fourth-order valence-corrected chi connectivity index (χ4v) is 3.03. The molecule has 0 atom stereocenters. The number of aromatic hydroxyl groups is 1. The molecule has 0 unspecified atom stereocenters. The Balaban J connectivity index is 2.13. The van der Waals surface area contributed by atoms with Crippen molar-refractivity contribution in [3.8, 4) is 11.5 Å². The maximum Gasteiger partial charge on any atom is 0.410 e. The Labute approximate surface area is 148 Å². The maximum atomic E-state index is 12.4. The van der Waals surface area contributed by atoms with E-state index in [4.69, 9.17) is 13.9 Å². The first-order valence-electron chi connectivity index (χ1n) is 7.88. The molecule has 1 amide bonds. The van der Waals surface area contributed by atoms with Gasteiger partial charge in [-0.2, -0.15) is 0 Å². The standard InChI is InChI=1S/C18H17NO7/c1-3-6-25-18(23)19-5-4-10-11-7-14(24-2)15(21)13(9-20)16(11)26-17(22)12(10)8-19/h3,7,9,21H,1,4-6,8H2,2H3. The average molecular weight is 359 g/mol. The number of carbonyl (C=O) groups excluding carboxylic acids is 2. The number of methoxy groups -OCH3 is 1. The normalized spacial score (nSPS) is 13.2. The third kappa shape index (κ3) is 2.79. The van der Waals surface area contributed by atoms with E-state index in [0.29, 0.717) is 35.8 Å². The third-order valence-electron chi connectivity index (χ3n) is 4.29. The molecule has 0 spiro atoms. The van der Waals surface area contributed by atoms with Gasteiger partial charge in [0.15, 0.2) is 23.4 Å². The molecule has 0 radical (unpaired) electrons. The van der Waals surface area contributed by atoms with E-state index in [2.05, 4.69) is 6.58 Å². The quantitative estimate of drug-likeness (QED) is 0.505. The number of aldehydes is 1. The number of rotatable bonds is 4. The molecule has 0 bridgehead atoms. The first kappa shape index (κ1) is 17.5. The molecule has 1 aliphatic heterocycles. The zero-order valence-electron chi connectivity index (χ0n) is 14.1. The largest absolute Gasteiger partial charge is 0.504 e. The van der Waals surface area contributed by atoms with Gasteiger partial charge in [-0.15, -0.1) is 0 Å². The van der Waals surface area contributed by atoms with Gasteiger partial charge >= 0.3 is 11.7 Å². The van der Waals surface area contributed by atoms with Crippen LogP contribution in [0.25, 0.3) is 11.0 Å². The lowest BCUT2D eigenvalue weighted by Gasteiger charge is -2.28. The molecule has 0 saturated carbocycles. The molecule has 2 heterocycles. The summed E-state index contributed by atoms with van der Waals surface area (Å²) in [4.78, 5) is 37.2. The highest BCUT2D eigenvalue weighted by molar-refractivity contribution is 6.00. The van der Waals surface area contributed by atoms with E-state index in [1.807, 2.05) is 0 Å². The first-order valence-corrected chi connectivity index (χ1v) is 7.88. The number of benzene rings is 1. The van der Waals surface area contributed by atoms with Crippen LogP contribution < -0.4 is 10.4 Å². The topological polar surface area (TPSA) is 106 Å². The molecular formula is C18H17NO7. The molecule has 1 N–H and O–H groups in total. The minimum Gasteiger partial charge on any atom is -0.504 e. The number of fused-ring (bicyclic) bond motifs is 3. The van der Waals surface area contributed by atoms with Crippen molar-refractivity contribution in [3.63, 3.8) is 0 Å². The van der Waals surface area contributed by atoms with Crippen LogP contribution in [0, 0.1) is 0 Å². The molecule has 1 aromatic heterocycles. The van der Waals surface area contributed by atoms with E-state index < -0.39 is 11.7 Å². The lowest BCUT2D eigenvalue weighted by atomic mass is 9.96. The molecule has 26 heavy (non-hydrogen) atoms.